The number of sulfone groups is 1. The lowest BCUT2D eigenvalue weighted by molar-refractivity contribution is -0.119. The molecule has 3 heterocycles. The molecule has 7 nitrogen and oxygen atoms in total. The number of hydrogen-bond donors (Lipinski definition) is 1. The molecule has 0 saturated carbocycles. The van der Waals surface area contributed by atoms with Crippen LogP contribution in [0.3, 0.4) is 0 Å². The van der Waals surface area contributed by atoms with Crippen molar-refractivity contribution in [2.75, 3.05) is 30.3 Å². The van der Waals surface area contributed by atoms with Crippen molar-refractivity contribution < 1.29 is 13.2 Å². The summed E-state index contributed by atoms with van der Waals surface area (Å²) < 4.78 is 26.4. The highest BCUT2D eigenvalue weighted by atomic mass is 32.2. The zero-order valence-electron chi connectivity index (χ0n) is 16.0. The second kappa shape index (κ2) is 8.04. The van der Waals surface area contributed by atoms with Crippen LogP contribution < -0.4 is 5.32 Å². The largest absolute Gasteiger partial charge is 0.350 e. The van der Waals surface area contributed by atoms with Crippen molar-refractivity contribution in [1.82, 2.24) is 19.8 Å². The summed E-state index contributed by atoms with van der Waals surface area (Å²) in [4.78, 5) is 19.4. The van der Waals surface area contributed by atoms with Gasteiger partial charge in [-0.3, -0.25) is 9.69 Å². The second-order valence-electron chi connectivity index (χ2n) is 7.48. The maximum absolute atomic E-state index is 12.6. The van der Waals surface area contributed by atoms with Gasteiger partial charge >= 0.3 is 0 Å². The van der Waals surface area contributed by atoms with Crippen LogP contribution in [0, 0.1) is 0 Å². The van der Waals surface area contributed by atoms with E-state index in [2.05, 4.69) is 26.7 Å². The van der Waals surface area contributed by atoms with Gasteiger partial charge in [0.25, 0.3) is 0 Å². The van der Waals surface area contributed by atoms with E-state index >= 15 is 0 Å². The van der Waals surface area contributed by atoms with Crippen LogP contribution in [-0.2, 0) is 21.2 Å². The summed E-state index contributed by atoms with van der Waals surface area (Å²) in [7, 11) is -3.10. The molecule has 2 saturated heterocycles. The van der Waals surface area contributed by atoms with E-state index in [1.165, 1.54) is 11.8 Å². The van der Waals surface area contributed by atoms with Gasteiger partial charge in [0.2, 0.25) is 5.91 Å². The van der Waals surface area contributed by atoms with Crippen molar-refractivity contribution in [2.24, 2.45) is 0 Å². The number of rotatable bonds is 6. The zero-order chi connectivity index (χ0) is 19.7. The smallest absolute Gasteiger partial charge is 0.230 e. The number of carbonyl (C=O) groups excluding carboxylic acids is 1. The van der Waals surface area contributed by atoms with Crippen LogP contribution in [0.15, 0.2) is 29.4 Å². The predicted octanol–water partition coefficient (Wildman–Crippen LogP) is 1.53. The molecule has 1 amide bonds. The van der Waals surface area contributed by atoms with Crippen LogP contribution in [0.25, 0.3) is 11.0 Å². The minimum absolute atomic E-state index is 0.0397. The lowest BCUT2D eigenvalue weighted by Gasteiger charge is -2.28. The van der Waals surface area contributed by atoms with E-state index in [4.69, 9.17) is 0 Å². The van der Waals surface area contributed by atoms with Crippen molar-refractivity contribution in [1.29, 1.82) is 0 Å². The third kappa shape index (κ3) is 4.06. The minimum atomic E-state index is -3.10. The molecule has 9 heteroatoms. The average molecular weight is 423 g/mol. The van der Waals surface area contributed by atoms with Crippen LogP contribution in [0.1, 0.15) is 19.8 Å². The molecule has 1 aromatic carbocycles. The molecule has 2 fully saturated rings. The highest BCUT2D eigenvalue weighted by Crippen LogP contribution is 2.25. The summed E-state index contributed by atoms with van der Waals surface area (Å²) in [6.45, 7) is 4.67. The number of carbonyl (C=O) groups is 1. The molecule has 4 rings (SSSR count). The number of para-hydroxylation sites is 2. The maximum atomic E-state index is 12.6. The average Bonchev–Trinajstić information content (AvgIpc) is 3.36. The van der Waals surface area contributed by atoms with Gasteiger partial charge in [-0.15, -0.1) is 0 Å². The fourth-order valence-corrected chi connectivity index (χ4v) is 7.09. The van der Waals surface area contributed by atoms with Crippen LogP contribution in [0.2, 0.25) is 0 Å². The van der Waals surface area contributed by atoms with Gasteiger partial charge in [-0.05, 0) is 45.0 Å². The number of amides is 1. The Labute approximate surface area is 169 Å². The standard InChI is InChI=1S/C19H26N4O3S2/c1-2-23-16-8-4-3-7-14(16)21-19(23)27-11-18(24)20-15-12-28(25,26)13-17(15)22-9-5-6-10-22/h3-4,7-8,15,17H,2,5-6,9-13H2,1H3,(H,20,24). The summed E-state index contributed by atoms with van der Waals surface area (Å²) >= 11 is 1.40. The molecular formula is C19H26N4O3S2. The Morgan fingerprint density at radius 2 is 2.00 bits per heavy atom. The molecule has 0 spiro atoms. The molecule has 2 unspecified atom stereocenters. The van der Waals surface area contributed by atoms with Crippen molar-refractivity contribution in [3.8, 4) is 0 Å². The molecule has 2 aromatic rings. The van der Waals surface area contributed by atoms with Crippen LogP contribution in [0.5, 0.6) is 0 Å². The molecule has 2 aliphatic rings. The molecule has 1 N–H and O–H groups in total. The third-order valence-electron chi connectivity index (χ3n) is 5.55. The maximum Gasteiger partial charge on any atom is 0.230 e. The Kier molecular flexibility index (Phi) is 5.66. The third-order valence-corrected chi connectivity index (χ3v) is 8.24. The van der Waals surface area contributed by atoms with Crippen LogP contribution in [-0.4, -0.2) is 71.2 Å². The minimum Gasteiger partial charge on any atom is -0.350 e. The van der Waals surface area contributed by atoms with E-state index in [9.17, 15) is 13.2 Å². The van der Waals surface area contributed by atoms with Gasteiger partial charge in [0.15, 0.2) is 15.0 Å². The molecule has 1 aromatic heterocycles. The number of fused-ring (bicyclic) bond motifs is 1. The van der Waals surface area contributed by atoms with Crippen molar-refractivity contribution in [3.05, 3.63) is 24.3 Å². The fourth-order valence-electron chi connectivity index (χ4n) is 4.25. The first-order valence-electron chi connectivity index (χ1n) is 9.79. The quantitative estimate of drug-likeness (QED) is 0.711. The normalized spacial score (nSPS) is 24.8. The molecule has 2 aliphatic heterocycles. The summed E-state index contributed by atoms with van der Waals surface area (Å²) in [5, 5.41) is 3.80. The Morgan fingerprint density at radius 3 is 2.75 bits per heavy atom. The molecule has 0 aliphatic carbocycles. The lowest BCUT2D eigenvalue weighted by atomic mass is 10.1. The number of imidazole rings is 1. The SMILES string of the molecule is CCn1c(SCC(=O)NC2CS(=O)(=O)CC2N2CCCC2)nc2ccccc21. The molecule has 0 radical (unpaired) electrons. The summed E-state index contributed by atoms with van der Waals surface area (Å²) in [6.07, 6.45) is 2.20. The first-order chi connectivity index (χ1) is 13.5. The van der Waals surface area contributed by atoms with Gasteiger partial charge in [-0.1, -0.05) is 23.9 Å². The second-order valence-corrected chi connectivity index (χ2v) is 10.6. The van der Waals surface area contributed by atoms with Gasteiger partial charge in [-0.25, -0.2) is 13.4 Å². The van der Waals surface area contributed by atoms with Gasteiger partial charge in [0.1, 0.15) is 0 Å². The Morgan fingerprint density at radius 1 is 1.25 bits per heavy atom. The molecular weight excluding hydrogens is 396 g/mol. The number of aromatic nitrogens is 2. The Bertz CT molecular complexity index is 967. The van der Waals surface area contributed by atoms with E-state index in [1.807, 2.05) is 24.3 Å². The van der Waals surface area contributed by atoms with E-state index in [1.54, 1.807) is 0 Å². The van der Waals surface area contributed by atoms with E-state index in [0.29, 0.717) is 0 Å². The first-order valence-corrected chi connectivity index (χ1v) is 12.6. The van der Waals surface area contributed by atoms with E-state index < -0.39 is 9.84 Å². The number of hydrogen-bond acceptors (Lipinski definition) is 6. The van der Waals surface area contributed by atoms with Crippen molar-refractivity contribution in [3.63, 3.8) is 0 Å². The summed E-state index contributed by atoms with van der Waals surface area (Å²) in [6, 6.07) is 7.52. The molecule has 28 heavy (non-hydrogen) atoms. The number of nitrogens with zero attached hydrogens (tertiary/aromatic N) is 3. The van der Waals surface area contributed by atoms with Crippen molar-refractivity contribution in [2.45, 2.75) is 43.6 Å². The molecule has 0 bridgehead atoms. The Hall–Kier alpha value is -1.58. The van der Waals surface area contributed by atoms with Crippen molar-refractivity contribution >= 4 is 38.5 Å². The highest BCUT2D eigenvalue weighted by molar-refractivity contribution is 7.99. The molecule has 152 valence electrons. The first kappa shape index (κ1) is 19.7. The van der Waals surface area contributed by atoms with Gasteiger partial charge in [0.05, 0.1) is 34.3 Å². The monoisotopic (exact) mass is 422 g/mol. The summed E-state index contributed by atoms with van der Waals surface area (Å²) in [5.41, 5.74) is 1.98. The van der Waals surface area contributed by atoms with Gasteiger partial charge < -0.3 is 9.88 Å². The van der Waals surface area contributed by atoms with E-state index in [0.717, 1.165) is 48.7 Å². The topological polar surface area (TPSA) is 84.3 Å². The lowest BCUT2D eigenvalue weighted by Crippen LogP contribution is -2.50. The number of likely N-dealkylation sites (tertiary alicyclic amines) is 1. The summed E-state index contributed by atoms with van der Waals surface area (Å²) in [5.74, 6) is 0.285. The Balaban J connectivity index is 1.41. The number of thioether (sulfide) groups is 1. The van der Waals surface area contributed by atoms with Crippen LogP contribution >= 0.6 is 11.8 Å². The fraction of sp³-hybridized carbons (Fsp3) is 0.579. The van der Waals surface area contributed by atoms with Gasteiger partial charge in [0, 0.05) is 12.6 Å². The van der Waals surface area contributed by atoms with Gasteiger partial charge in [-0.2, -0.15) is 0 Å². The van der Waals surface area contributed by atoms with Crippen LogP contribution in [0.4, 0.5) is 0 Å². The highest BCUT2D eigenvalue weighted by Gasteiger charge is 2.42. The predicted molar refractivity (Wildman–Crippen MR) is 111 cm³/mol. The zero-order valence-corrected chi connectivity index (χ0v) is 17.6. The molecule has 2 atom stereocenters. The number of benzene rings is 1. The number of nitrogens with one attached hydrogen (secondary N) is 1. The van der Waals surface area contributed by atoms with E-state index in [-0.39, 0.29) is 35.2 Å². The number of aryl methyl sites for hydroxylation is 1.